The molecule has 1 heterocycles. The summed E-state index contributed by atoms with van der Waals surface area (Å²) in [5, 5.41) is 19.9. The van der Waals surface area contributed by atoms with Crippen molar-refractivity contribution in [1.29, 1.82) is 0 Å². The van der Waals surface area contributed by atoms with Crippen molar-refractivity contribution in [2.24, 2.45) is 0 Å². The minimum absolute atomic E-state index is 0.0785. The molecule has 1 atom stereocenters. The summed E-state index contributed by atoms with van der Waals surface area (Å²) in [5.41, 5.74) is 0.910. The highest BCUT2D eigenvalue weighted by Crippen LogP contribution is 2.29. The quantitative estimate of drug-likeness (QED) is 0.494. The van der Waals surface area contributed by atoms with Crippen LogP contribution in [0.2, 0.25) is 0 Å². The Kier molecular flexibility index (Phi) is 3.49. The molecule has 1 unspecified atom stereocenters. The molecule has 1 aromatic rings. The zero-order chi connectivity index (χ0) is 13.2. The normalized spacial score (nSPS) is 22.8. The lowest BCUT2D eigenvalue weighted by molar-refractivity contribution is -0.921. The monoisotopic (exact) mass is 253 g/mol. The predicted octanol–water partition coefficient (Wildman–Crippen LogP) is 0.926. The molecule has 0 amide bonds. The zero-order valence-corrected chi connectivity index (χ0v) is 10.3. The number of hydrogen-bond donors (Lipinski definition) is 1. The van der Waals surface area contributed by atoms with Gasteiger partial charge in [-0.15, -0.1) is 0 Å². The van der Waals surface area contributed by atoms with E-state index in [-0.39, 0.29) is 12.3 Å². The van der Waals surface area contributed by atoms with E-state index in [0.29, 0.717) is 29.9 Å². The number of benzene rings is 1. The van der Waals surface area contributed by atoms with Gasteiger partial charge >= 0.3 is 0 Å². The van der Waals surface area contributed by atoms with E-state index in [0.717, 1.165) is 12.1 Å². The minimum Gasteiger partial charge on any atom is -0.487 e. The van der Waals surface area contributed by atoms with Crippen molar-refractivity contribution in [3.63, 3.8) is 0 Å². The van der Waals surface area contributed by atoms with Crippen LogP contribution in [0.5, 0.6) is 5.75 Å². The molecule has 0 aliphatic carbocycles. The molecule has 6 nitrogen and oxygen atoms in total. The third kappa shape index (κ3) is 2.60. The van der Waals surface area contributed by atoms with E-state index in [1.807, 2.05) is 7.05 Å². The van der Waals surface area contributed by atoms with Gasteiger partial charge in [0, 0.05) is 12.1 Å². The largest absolute Gasteiger partial charge is 0.487 e. The van der Waals surface area contributed by atoms with Crippen molar-refractivity contribution in [2.75, 3.05) is 33.4 Å². The maximum absolute atomic E-state index is 10.8. The molecule has 0 saturated carbocycles. The summed E-state index contributed by atoms with van der Waals surface area (Å²) in [6.45, 7) is 2.69. The van der Waals surface area contributed by atoms with Crippen LogP contribution in [-0.2, 0) is 6.54 Å². The molecule has 0 fully saturated rings. The Morgan fingerprint density at radius 2 is 2.33 bits per heavy atom. The summed E-state index contributed by atoms with van der Waals surface area (Å²) in [5.74, 6) is 0.709. The van der Waals surface area contributed by atoms with Gasteiger partial charge in [0.25, 0.3) is 5.69 Å². The zero-order valence-electron chi connectivity index (χ0n) is 10.3. The number of nitro groups is 1. The molecule has 1 aliphatic rings. The molecule has 0 bridgehead atoms. The fraction of sp³-hybridized carbons (Fsp3) is 0.500. The molecule has 1 aliphatic heterocycles. The first-order chi connectivity index (χ1) is 8.54. The third-order valence-corrected chi connectivity index (χ3v) is 3.34. The second-order valence-electron chi connectivity index (χ2n) is 4.85. The van der Waals surface area contributed by atoms with Gasteiger partial charge in [0.1, 0.15) is 32.0 Å². The molecule has 18 heavy (non-hydrogen) atoms. The first-order valence-corrected chi connectivity index (χ1v) is 5.89. The summed E-state index contributed by atoms with van der Waals surface area (Å²) >= 11 is 0. The summed E-state index contributed by atoms with van der Waals surface area (Å²) in [4.78, 5) is 10.4. The van der Waals surface area contributed by atoms with Gasteiger partial charge in [-0.2, -0.15) is 0 Å². The van der Waals surface area contributed by atoms with Crippen molar-refractivity contribution >= 4 is 5.69 Å². The molecule has 1 aromatic carbocycles. The van der Waals surface area contributed by atoms with Gasteiger partial charge in [-0.1, -0.05) is 0 Å². The van der Waals surface area contributed by atoms with Gasteiger partial charge in [0.2, 0.25) is 0 Å². The van der Waals surface area contributed by atoms with Crippen LogP contribution >= 0.6 is 0 Å². The average Bonchev–Trinajstić information content (AvgIpc) is 2.46. The first kappa shape index (κ1) is 12.8. The lowest BCUT2D eigenvalue weighted by Gasteiger charge is -2.31. The molecule has 0 aromatic heterocycles. The van der Waals surface area contributed by atoms with Gasteiger partial charge in [0.15, 0.2) is 0 Å². The van der Waals surface area contributed by atoms with Crippen LogP contribution in [0.15, 0.2) is 18.2 Å². The molecule has 0 radical (unpaired) electrons. The van der Waals surface area contributed by atoms with Crippen molar-refractivity contribution < 1.29 is 19.2 Å². The van der Waals surface area contributed by atoms with Crippen molar-refractivity contribution in [3.8, 4) is 5.75 Å². The number of fused-ring (bicyclic) bond motifs is 1. The second-order valence-corrected chi connectivity index (χ2v) is 4.85. The number of nitro benzene ring substituents is 1. The van der Waals surface area contributed by atoms with Crippen molar-refractivity contribution in [1.82, 2.24) is 0 Å². The molecule has 6 heteroatoms. The smallest absolute Gasteiger partial charge is 0.270 e. The Bertz CT molecular complexity index is 463. The number of non-ortho nitro benzene ring substituents is 1. The maximum atomic E-state index is 10.8. The standard InChI is InChI=1S/C12H17N2O4/c1-14(4-6-15)5-7-18-12-3-2-11(13(16)17)8-10(12)9-14/h2-3,8,15H,4-7,9H2,1H3/q+1. The minimum atomic E-state index is -0.401. The van der Waals surface area contributed by atoms with Gasteiger partial charge in [-0.3, -0.25) is 10.1 Å². The van der Waals surface area contributed by atoms with Crippen LogP contribution in [0, 0.1) is 10.1 Å². The number of aliphatic hydroxyl groups is 1. The number of quaternary nitrogens is 1. The van der Waals surface area contributed by atoms with E-state index < -0.39 is 4.92 Å². The van der Waals surface area contributed by atoms with Gasteiger partial charge in [-0.25, -0.2) is 0 Å². The number of aliphatic hydroxyl groups excluding tert-OH is 1. The lowest BCUT2D eigenvalue weighted by Crippen LogP contribution is -2.46. The Labute approximate surface area is 105 Å². The molecular formula is C12H17N2O4+. The molecule has 98 valence electrons. The van der Waals surface area contributed by atoms with Crippen LogP contribution in [0.25, 0.3) is 0 Å². The highest BCUT2D eigenvalue weighted by molar-refractivity contribution is 5.43. The summed E-state index contributed by atoms with van der Waals surface area (Å²) in [6.07, 6.45) is 0. The van der Waals surface area contributed by atoms with Crippen LogP contribution in [0.3, 0.4) is 0 Å². The highest BCUT2D eigenvalue weighted by atomic mass is 16.6. The van der Waals surface area contributed by atoms with Crippen LogP contribution in [0.4, 0.5) is 5.69 Å². The van der Waals surface area contributed by atoms with Crippen molar-refractivity contribution in [2.45, 2.75) is 6.54 Å². The fourth-order valence-corrected chi connectivity index (χ4v) is 2.24. The van der Waals surface area contributed by atoms with E-state index in [4.69, 9.17) is 9.84 Å². The van der Waals surface area contributed by atoms with Gasteiger partial charge in [0.05, 0.1) is 24.1 Å². The summed E-state index contributed by atoms with van der Waals surface area (Å²) in [7, 11) is 2.02. The van der Waals surface area contributed by atoms with E-state index in [9.17, 15) is 10.1 Å². The first-order valence-electron chi connectivity index (χ1n) is 5.89. The number of hydrogen-bond acceptors (Lipinski definition) is 4. The average molecular weight is 253 g/mol. The Balaban J connectivity index is 2.33. The second kappa shape index (κ2) is 4.91. The molecule has 0 spiro atoms. The lowest BCUT2D eigenvalue weighted by atomic mass is 10.1. The molecule has 0 saturated heterocycles. The van der Waals surface area contributed by atoms with Gasteiger partial charge in [-0.05, 0) is 6.07 Å². The number of ether oxygens (including phenoxy) is 1. The van der Waals surface area contributed by atoms with E-state index in [2.05, 4.69) is 0 Å². The number of likely N-dealkylation sites (N-methyl/N-ethyl adjacent to an activating group) is 1. The number of rotatable bonds is 3. The summed E-state index contributed by atoms with van der Waals surface area (Å²) < 4.78 is 6.23. The summed E-state index contributed by atoms with van der Waals surface area (Å²) in [6, 6.07) is 4.68. The topological polar surface area (TPSA) is 72.6 Å². The van der Waals surface area contributed by atoms with Crippen LogP contribution < -0.4 is 4.74 Å². The number of nitrogens with zero attached hydrogens (tertiary/aromatic N) is 2. The third-order valence-electron chi connectivity index (χ3n) is 3.34. The predicted molar refractivity (Wildman–Crippen MR) is 65.3 cm³/mol. The fourth-order valence-electron chi connectivity index (χ4n) is 2.24. The van der Waals surface area contributed by atoms with Crippen LogP contribution in [-0.4, -0.2) is 47.9 Å². The highest BCUT2D eigenvalue weighted by Gasteiger charge is 2.28. The molecule has 2 rings (SSSR count). The molecular weight excluding hydrogens is 236 g/mol. The van der Waals surface area contributed by atoms with Crippen molar-refractivity contribution in [3.05, 3.63) is 33.9 Å². The SMILES string of the molecule is C[N+]1(CCO)CCOc2ccc([N+](=O)[O-])cc2C1. The Morgan fingerprint density at radius 3 is 3.00 bits per heavy atom. The van der Waals surface area contributed by atoms with E-state index in [1.165, 1.54) is 6.07 Å². The molecule has 1 N–H and O–H groups in total. The van der Waals surface area contributed by atoms with E-state index in [1.54, 1.807) is 12.1 Å². The van der Waals surface area contributed by atoms with Crippen LogP contribution in [0.1, 0.15) is 5.56 Å². The maximum Gasteiger partial charge on any atom is 0.270 e. The Hall–Kier alpha value is -1.66. The Morgan fingerprint density at radius 1 is 1.56 bits per heavy atom. The van der Waals surface area contributed by atoms with E-state index >= 15 is 0 Å². The van der Waals surface area contributed by atoms with Gasteiger partial charge < -0.3 is 14.3 Å².